The lowest BCUT2D eigenvalue weighted by molar-refractivity contribution is 0.358. The van der Waals surface area contributed by atoms with E-state index in [1.165, 1.54) is 0 Å². The first kappa shape index (κ1) is 19.2. The van der Waals surface area contributed by atoms with Gasteiger partial charge in [0.15, 0.2) is 5.79 Å². The Labute approximate surface area is 161 Å². The van der Waals surface area contributed by atoms with Crippen LogP contribution in [0.1, 0.15) is 18.4 Å². The fourth-order valence-electron chi connectivity index (χ4n) is 3.26. The number of nitrogens with two attached hydrogens (primary N) is 1. The van der Waals surface area contributed by atoms with E-state index in [1.54, 1.807) is 7.11 Å². The molecule has 0 saturated heterocycles. The van der Waals surface area contributed by atoms with Crippen LogP contribution in [0.25, 0.3) is 0 Å². The second-order valence-electron chi connectivity index (χ2n) is 7.19. The molecular formula is C21H29N5O. The quantitative estimate of drug-likeness (QED) is 0.822. The average Bonchev–Trinajstić information content (AvgIpc) is 2.66. The molecule has 6 heteroatoms. The highest BCUT2D eigenvalue weighted by molar-refractivity contribution is 6.14. The number of nitrogens with zero attached hydrogens (tertiary/aromatic N) is 3. The van der Waals surface area contributed by atoms with Crippen LogP contribution < -0.4 is 20.7 Å². The first-order chi connectivity index (χ1) is 12.9. The molecule has 1 unspecified atom stereocenters. The summed E-state index contributed by atoms with van der Waals surface area (Å²) in [6.07, 6.45) is 1.71. The lowest BCUT2D eigenvalue weighted by Crippen LogP contribution is -2.51. The van der Waals surface area contributed by atoms with Gasteiger partial charge < -0.3 is 19.9 Å². The van der Waals surface area contributed by atoms with Crippen molar-refractivity contribution in [1.82, 2.24) is 4.90 Å². The summed E-state index contributed by atoms with van der Waals surface area (Å²) in [5.41, 5.74) is 9.73. The van der Waals surface area contributed by atoms with Gasteiger partial charge in [-0.3, -0.25) is 5.73 Å². The highest BCUT2D eigenvalue weighted by Crippen LogP contribution is 2.30. The van der Waals surface area contributed by atoms with E-state index < -0.39 is 5.79 Å². The Morgan fingerprint density at radius 3 is 2.44 bits per heavy atom. The summed E-state index contributed by atoms with van der Waals surface area (Å²) in [6.45, 7) is 0.974. The largest absolute Gasteiger partial charge is 0.497 e. The topological polar surface area (TPSA) is 66.1 Å². The summed E-state index contributed by atoms with van der Waals surface area (Å²) in [6, 6.07) is 16.1. The Morgan fingerprint density at radius 2 is 1.78 bits per heavy atom. The zero-order valence-corrected chi connectivity index (χ0v) is 16.6. The van der Waals surface area contributed by atoms with Gasteiger partial charge in [-0.25, -0.2) is 4.99 Å². The number of nitrogens with one attached hydrogen (secondary N) is 1. The molecule has 1 aliphatic rings. The van der Waals surface area contributed by atoms with Crippen LogP contribution in [0, 0.1) is 0 Å². The molecule has 2 aromatic rings. The van der Waals surface area contributed by atoms with Gasteiger partial charge in [-0.1, -0.05) is 12.1 Å². The predicted octanol–water partition coefficient (Wildman–Crippen LogP) is 2.96. The second-order valence-corrected chi connectivity index (χ2v) is 7.19. The van der Waals surface area contributed by atoms with Crippen molar-refractivity contribution in [3.05, 3.63) is 54.1 Å². The van der Waals surface area contributed by atoms with E-state index >= 15 is 0 Å². The minimum atomic E-state index is -0.819. The molecule has 144 valence electrons. The minimum Gasteiger partial charge on any atom is -0.497 e. The minimum absolute atomic E-state index is 0.749. The summed E-state index contributed by atoms with van der Waals surface area (Å²) >= 11 is 0. The van der Waals surface area contributed by atoms with Crippen LogP contribution >= 0.6 is 0 Å². The number of aliphatic imine (C=N–C) groups is 1. The highest BCUT2D eigenvalue weighted by atomic mass is 16.5. The fourth-order valence-corrected chi connectivity index (χ4v) is 3.26. The van der Waals surface area contributed by atoms with E-state index in [2.05, 4.69) is 41.3 Å². The maximum atomic E-state index is 6.65. The van der Waals surface area contributed by atoms with Crippen molar-refractivity contribution in [3.8, 4) is 5.75 Å². The zero-order chi connectivity index (χ0) is 19.4. The molecule has 0 aliphatic carbocycles. The van der Waals surface area contributed by atoms with Crippen LogP contribution in [-0.2, 0) is 0 Å². The number of methoxy groups -OCH3 is 1. The Morgan fingerprint density at radius 1 is 1.07 bits per heavy atom. The number of benzene rings is 2. The van der Waals surface area contributed by atoms with E-state index in [4.69, 9.17) is 15.5 Å². The van der Waals surface area contributed by atoms with Crippen molar-refractivity contribution in [2.24, 2.45) is 10.7 Å². The molecule has 0 aromatic heterocycles. The van der Waals surface area contributed by atoms with E-state index in [9.17, 15) is 0 Å². The summed E-state index contributed by atoms with van der Waals surface area (Å²) in [5, 5.41) is 3.43. The Bertz CT molecular complexity index is 802. The fraction of sp³-hybridized carbons (Fsp3) is 0.381. The lowest BCUT2D eigenvalue weighted by Gasteiger charge is -2.37. The molecule has 0 bridgehead atoms. The van der Waals surface area contributed by atoms with Gasteiger partial charge in [-0.2, -0.15) is 0 Å². The third kappa shape index (κ3) is 4.40. The molecule has 0 saturated carbocycles. The monoisotopic (exact) mass is 367 g/mol. The van der Waals surface area contributed by atoms with Gasteiger partial charge in [0.1, 0.15) is 11.6 Å². The molecule has 2 aromatic carbocycles. The van der Waals surface area contributed by atoms with Crippen LogP contribution in [0.5, 0.6) is 5.75 Å². The SMILES string of the molecule is COc1ccc(N(C)C2=NC(N)(CCCN(C)C)Nc3ccccc32)cc1. The predicted molar refractivity (Wildman–Crippen MR) is 113 cm³/mol. The molecule has 0 fully saturated rings. The molecule has 0 radical (unpaired) electrons. The van der Waals surface area contributed by atoms with Crippen molar-refractivity contribution in [3.63, 3.8) is 0 Å². The van der Waals surface area contributed by atoms with E-state index in [0.29, 0.717) is 0 Å². The van der Waals surface area contributed by atoms with Crippen molar-refractivity contribution < 1.29 is 4.74 Å². The van der Waals surface area contributed by atoms with E-state index in [1.807, 2.05) is 43.4 Å². The Hall–Kier alpha value is -2.57. The molecule has 3 rings (SSSR count). The van der Waals surface area contributed by atoms with Gasteiger partial charge in [-0.05, 0) is 63.5 Å². The number of fused-ring (bicyclic) bond motifs is 1. The summed E-state index contributed by atoms with van der Waals surface area (Å²) in [5.74, 6) is 0.874. The van der Waals surface area contributed by atoms with Crippen LogP contribution in [0.4, 0.5) is 11.4 Å². The molecule has 1 aliphatic heterocycles. The van der Waals surface area contributed by atoms with Crippen molar-refractivity contribution in [2.45, 2.75) is 18.6 Å². The molecule has 0 amide bonds. The zero-order valence-electron chi connectivity index (χ0n) is 16.6. The molecular weight excluding hydrogens is 338 g/mol. The van der Waals surface area contributed by atoms with Gasteiger partial charge in [0.2, 0.25) is 0 Å². The van der Waals surface area contributed by atoms with Crippen molar-refractivity contribution in [2.75, 3.05) is 45.0 Å². The summed E-state index contributed by atoms with van der Waals surface area (Å²) in [4.78, 5) is 9.17. The second kappa shape index (κ2) is 7.98. The first-order valence-electron chi connectivity index (χ1n) is 9.21. The van der Waals surface area contributed by atoms with Crippen molar-refractivity contribution >= 4 is 17.2 Å². The van der Waals surface area contributed by atoms with E-state index in [-0.39, 0.29) is 0 Å². The standard InChI is InChI=1S/C21H29N5O/c1-25(2)15-7-14-21(22)23-19-9-6-5-8-18(19)20(24-21)26(3)16-10-12-17(27-4)13-11-16/h5-6,8-13,23H,7,14-15,22H2,1-4H3. The van der Waals surface area contributed by atoms with Crippen LogP contribution in [0.3, 0.4) is 0 Å². The van der Waals surface area contributed by atoms with Crippen LogP contribution in [-0.4, -0.2) is 51.3 Å². The van der Waals surface area contributed by atoms with Gasteiger partial charge in [0, 0.05) is 30.4 Å². The number of rotatable bonds is 6. The number of hydrogen-bond donors (Lipinski definition) is 2. The third-order valence-corrected chi connectivity index (χ3v) is 4.77. The first-order valence-corrected chi connectivity index (χ1v) is 9.21. The average molecular weight is 367 g/mol. The van der Waals surface area contributed by atoms with E-state index in [0.717, 1.165) is 47.9 Å². The number of ether oxygens (including phenoxy) is 1. The third-order valence-electron chi connectivity index (χ3n) is 4.77. The van der Waals surface area contributed by atoms with Gasteiger partial charge >= 0.3 is 0 Å². The molecule has 27 heavy (non-hydrogen) atoms. The molecule has 1 heterocycles. The Kier molecular flexibility index (Phi) is 5.68. The normalized spacial score (nSPS) is 18.5. The highest BCUT2D eigenvalue weighted by Gasteiger charge is 2.32. The number of amidine groups is 1. The smallest absolute Gasteiger partial charge is 0.184 e. The van der Waals surface area contributed by atoms with Gasteiger partial charge in [0.25, 0.3) is 0 Å². The Balaban J connectivity index is 1.92. The maximum Gasteiger partial charge on any atom is 0.184 e. The number of anilines is 2. The number of hydrogen-bond acceptors (Lipinski definition) is 6. The molecule has 0 spiro atoms. The molecule has 1 atom stereocenters. The van der Waals surface area contributed by atoms with Gasteiger partial charge in [0.05, 0.1) is 7.11 Å². The lowest BCUT2D eigenvalue weighted by atomic mass is 10.0. The maximum absolute atomic E-state index is 6.65. The van der Waals surface area contributed by atoms with Gasteiger partial charge in [-0.15, -0.1) is 0 Å². The summed E-state index contributed by atoms with van der Waals surface area (Å²) < 4.78 is 5.26. The van der Waals surface area contributed by atoms with Crippen LogP contribution in [0.15, 0.2) is 53.5 Å². The van der Waals surface area contributed by atoms with Crippen molar-refractivity contribution in [1.29, 1.82) is 0 Å². The number of para-hydroxylation sites is 1. The summed E-state index contributed by atoms with van der Waals surface area (Å²) in [7, 11) is 7.82. The van der Waals surface area contributed by atoms with Crippen LogP contribution in [0.2, 0.25) is 0 Å². The molecule has 6 nitrogen and oxygen atoms in total. The molecule has 3 N–H and O–H groups in total.